The zero-order valence-electron chi connectivity index (χ0n) is 16.8. The average Bonchev–Trinajstić information content (AvgIpc) is 3.07. The highest BCUT2D eigenvalue weighted by atomic mass is 35.5. The summed E-state index contributed by atoms with van der Waals surface area (Å²) in [4.78, 5) is 26.1. The number of fused-ring (bicyclic) bond motifs is 5. The molecular weight excluding hydrogens is 394 g/mol. The Labute approximate surface area is 179 Å². The fourth-order valence-electron chi connectivity index (χ4n) is 4.83. The topological polar surface area (TPSA) is 39.1 Å². The highest BCUT2D eigenvalue weighted by molar-refractivity contribution is 6.32. The van der Waals surface area contributed by atoms with Crippen molar-refractivity contribution in [2.45, 2.75) is 25.7 Å². The molecule has 3 aromatic carbocycles. The number of rotatable bonds is 3. The molecule has 148 valence electrons. The predicted octanol–water partition coefficient (Wildman–Crippen LogP) is 6.52. The van der Waals surface area contributed by atoms with Crippen molar-refractivity contribution >= 4 is 34.2 Å². The van der Waals surface area contributed by atoms with E-state index in [0.717, 1.165) is 38.9 Å². The van der Waals surface area contributed by atoms with Gasteiger partial charge in [0.1, 0.15) is 5.78 Å². The Morgan fingerprint density at radius 2 is 1.70 bits per heavy atom. The Balaban J connectivity index is 1.96. The first-order valence-corrected chi connectivity index (χ1v) is 10.3. The molecular formula is C26H20ClNO2. The third kappa shape index (κ3) is 2.59. The number of nitrogens with zero attached hydrogens (tertiary/aromatic N) is 1. The second-order valence-corrected chi connectivity index (χ2v) is 8.58. The van der Waals surface area contributed by atoms with E-state index in [2.05, 4.69) is 0 Å². The first-order valence-electron chi connectivity index (χ1n) is 9.95. The van der Waals surface area contributed by atoms with E-state index < -0.39 is 5.41 Å². The van der Waals surface area contributed by atoms with E-state index in [9.17, 15) is 9.59 Å². The summed E-state index contributed by atoms with van der Waals surface area (Å²) in [5, 5.41) is 1.55. The van der Waals surface area contributed by atoms with Gasteiger partial charge in [-0.1, -0.05) is 66.2 Å². The maximum atomic E-state index is 14.0. The van der Waals surface area contributed by atoms with E-state index in [1.807, 2.05) is 79.7 Å². The van der Waals surface area contributed by atoms with E-state index in [0.29, 0.717) is 5.02 Å². The van der Waals surface area contributed by atoms with Gasteiger partial charge < -0.3 is 0 Å². The van der Waals surface area contributed by atoms with Gasteiger partial charge in [-0.2, -0.15) is 0 Å². The van der Waals surface area contributed by atoms with Crippen LogP contribution in [0.15, 0.2) is 72.8 Å². The molecule has 3 nitrogen and oxygen atoms in total. The summed E-state index contributed by atoms with van der Waals surface area (Å²) >= 11 is 6.36. The number of halogens is 1. The molecule has 4 aromatic rings. The molecule has 0 bridgehead atoms. The number of ketones is 1. The Morgan fingerprint density at radius 1 is 1.00 bits per heavy atom. The lowest BCUT2D eigenvalue weighted by molar-refractivity contribution is -0.117. The lowest BCUT2D eigenvalue weighted by Crippen LogP contribution is -2.42. The molecule has 1 aromatic heterocycles. The van der Waals surface area contributed by atoms with Crippen molar-refractivity contribution in [2.75, 3.05) is 0 Å². The maximum Gasteiger partial charge on any atom is 0.242 e. The van der Waals surface area contributed by atoms with Crippen LogP contribution >= 0.6 is 11.6 Å². The van der Waals surface area contributed by atoms with Crippen LogP contribution in [0.4, 0.5) is 0 Å². The van der Waals surface area contributed by atoms with Gasteiger partial charge in [0.25, 0.3) is 0 Å². The first kappa shape index (κ1) is 18.8. The quantitative estimate of drug-likeness (QED) is 0.383. The summed E-state index contributed by atoms with van der Waals surface area (Å²) < 4.78 is 1.79. The summed E-state index contributed by atoms with van der Waals surface area (Å²) in [6.45, 7) is 3.42. The van der Waals surface area contributed by atoms with Gasteiger partial charge in [-0.3, -0.25) is 14.2 Å². The van der Waals surface area contributed by atoms with Gasteiger partial charge in [0.05, 0.1) is 16.6 Å². The molecule has 5 rings (SSSR count). The Hall–Kier alpha value is -3.17. The Morgan fingerprint density at radius 3 is 2.43 bits per heavy atom. The number of carbonyl (C=O) groups is 2. The van der Waals surface area contributed by atoms with E-state index in [4.69, 9.17) is 11.6 Å². The van der Waals surface area contributed by atoms with Crippen LogP contribution in [0, 0.1) is 0 Å². The average molecular weight is 414 g/mol. The zero-order valence-corrected chi connectivity index (χ0v) is 17.5. The van der Waals surface area contributed by atoms with Crippen molar-refractivity contribution in [1.29, 1.82) is 0 Å². The van der Waals surface area contributed by atoms with Crippen molar-refractivity contribution in [2.24, 2.45) is 0 Å². The van der Waals surface area contributed by atoms with Crippen molar-refractivity contribution in [1.82, 2.24) is 4.57 Å². The molecule has 0 amide bonds. The minimum Gasteiger partial charge on any atom is -0.300 e. The molecule has 0 spiro atoms. The highest BCUT2D eigenvalue weighted by Crippen LogP contribution is 2.50. The Kier molecular flexibility index (Phi) is 4.19. The molecule has 2 heterocycles. The monoisotopic (exact) mass is 413 g/mol. The lowest BCUT2D eigenvalue weighted by Gasteiger charge is -2.35. The number of carbonyl (C=O) groups excluding carboxylic acids is 2. The molecule has 0 saturated carbocycles. The largest absolute Gasteiger partial charge is 0.300 e. The first-order chi connectivity index (χ1) is 14.4. The molecule has 0 N–H and O–H groups in total. The van der Waals surface area contributed by atoms with Crippen molar-refractivity contribution in [3.05, 3.63) is 83.4 Å². The molecule has 4 heteroatoms. The van der Waals surface area contributed by atoms with Crippen molar-refractivity contribution in [3.8, 4) is 22.4 Å². The number of hydrogen-bond acceptors (Lipinski definition) is 2. The normalized spacial score (nSPS) is 17.6. The van der Waals surface area contributed by atoms with Crippen LogP contribution in [0.2, 0.25) is 5.02 Å². The van der Waals surface area contributed by atoms with Gasteiger partial charge in [0.2, 0.25) is 5.91 Å². The summed E-state index contributed by atoms with van der Waals surface area (Å²) in [7, 11) is 0. The van der Waals surface area contributed by atoms with Crippen molar-refractivity contribution < 1.29 is 9.59 Å². The fraction of sp³-hybridized carbons (Fsp3) is 0.154. The van der Waals surface area contributed by atoms with Crippen LogP contribution in [0.3, 0.4) is 0 Å². The number of benzene rings is 3. The third-order valence-corrected chi connectivity index (χ3v) is 6.28. The molecule has 0 saturated heterocycles. The number of aromatic nitrogens is 1. The maximum absolute atomic E-state index is 14.0. The molecule has 1 aliphatic rings. The molecule has 1 atom stereocenters. The van der Waals surface area contributed by atoms with E-state index in [1.54, 1.807) is 11.5 Å². The van der Waals surface area contributed by atoms with Gasteiger partial charge in [-0.25, -0.2) is 0 Å². The standard InChI is InChI=1S/C26H20ClNO2/c1-16(29)15-26(2)21-11-7-6-10-19(21)24-23(17-8-4-3-5-9-17)20-14-18(27)12-13-22(20)28(24)25(26)30/h3-14H,15H2,1-2H3. The second kappa shape index (κ2) is 6.68. The zero-order chi connectivity index (χ0) is 21.0. The minimum atomic E-state index is -0.922. The van der Waals surface area contributed by atoms with Gasteiger partial charge in [-0.15, -0.1) is 0 Å². The van der Waals surface area contributed by atoms with Crippen LogP contribution in [0.25, 0.3) is 33.3 Å². The van der Waals surface area contributed by atoms with Crippen LogP contribution < -0.4 is 0 Å². The summed E-state index contributed by atoms with van der Waals surface area (Å²) in [5.41, 5.74) is 4.63. The molecule has 0 radical (unpaired) electrons. The van der Waals surface area contributed by atoms with Gasteiger partial charge >= 0.3 is 0 Å². The van der Waals surface area contributed by atoms with Gasteiger partial charge in [0, 0.05) is 28.0 Å². The van der Waals surface area contributed by atoms with Crippen LogP contribution in [-0.2, 0) is 10.2 Å². The van der Waals surface area contributed by atoms with E-state index in [1.165, 1.54) is 0 Å². The smallest absolute Gasteiger partial charge is 0.242 e. The van der Waals surface area contributed by atoms with Gasteiger partial charge in [-0.05, 0) is 43.2 Å². The van der Waals surface area contributed by atoms with Crippen LogP contribution in [0.1, 0.15) is 30.6 Å². The van der Waals surface area contributed by atoms with E-state index >= 15 is 0 Å². The second-order valence-electron chi connectivity index (χ2n) is 8.15. The highest BCUT2D eigenvalue weighted by Gasteiger charge is 2.45. The SMILES string of the molecule is CC(=O)CC1(C)C(=O)n2c(c(-c3ccccc3)c3cc(Cl)ccc32)-c2ccccc21. The van der Waals surface area contributed by atoms with Crippen LogP contribution in [-0.4, -0.2) is 16.3 Å². The van der Waals surface area contributed by atoms with E-state index in [-0.39, 0.29) is 18.1 Å². The van der Waals surface area contributed by atoms with Gasteiger partial charge in [0.15, 0.2) is 0 Å². The molecule has 30 heavy (non-hydrogen) atoms. The number of Topliss-reactive ketones (excluding diaryl/α,β-unsaturated/α-hetero) is 1. The predicted molar refractivity (Wildman–Crippen MR) is 121 cm³/mol. The van der Waals surface area contributed by atoms with Crippen molar-refractivity contribution in [3.63, 3.8) is 0 Å². The fourth-order valence-corrected chi connectivity index (χ4v) is 5.00. The summed E-state index contributed by atoms with van der Waals surface area (Å²) in [5.74, 6) is -0.0900. The van der Waals surface area contributed by atoms with Crippen LogP contribution in [0.5, 0.6) is 0 Å². The molecule has 0 fully saturated rings. The lowest BCUT2D eigenvalue weighted by atomic mass is 9.72. The molecule has 1 unspecified atom stereocenters. The summed E-state index contributed by atoms with van der Waals surface area (Å²) in [6, 6.07) is 23.6. The molecule has 0 aliphatic carbocycles. The summed E-state index contributed by atoms with van der Waals surface area (Å²) in [6.07, 6.45) is 0.163. The third-order valence-electron chi connectivity index (χ3n) is 6.05. The Bertz CT molecular complexity index is 1340. The molecule has 1 aliphatic heterocycles. The minimum absolute atomic E-state index is 0.00751. The number of hydrogen-bond donors (Lipinski definition) is 0.